The Labute approximate surface area is 233 Å². The highest BCUT2D eigenvalue weighted by atomic mass is 16.5. The normalized spacial score (nSPS) is 11.2. The summed E-state index contributed by atoms with van der Waals surface area (Å²) < 4.78 is 15.6. The van der Waals surface area contributed by atoms with Gasteiger partial charge in [0.2, 0.25) is 5.88 Å². The molecule has 3 heterocycles. The van der Waals surface area contributed by atoms with Crippen molar-refractivity contribution in [3.05, 3.63) is 117 Å². The summed E-state index contributed by atoms with van der Waals surface area (Å²) in [6.45, 7) is 1.67. The topological polar surface area (TPSA) is 133 Å². The first kappa shape index (κ1) is 26.7. The number of nitrogens with one attached hydrogen (secondary N) is 1. The smallest absolute Gasteiger partial charge is 0.295 e. The van der Waals surface area contributed by atoms with Crippen LogP contribution in [0.5, 0.6) is 17.4 Å². The molecule has 5 aromatic rings. The van der Waals surface area contributed by atoms with Gasteiger partial charge in [0.1, 0.15) is 28.5 Å². The summed E-state index contributed by atoms with van der Waals surface area (Å²) in [5.41, 5.74) is -0.246. The van der Waals surface area contributed by atoms with Crippen molar-refractivity contribution >= 4 is 23.3 Å². The van der Waals surface area contributed by atoms with Crippen molar-refractivity contribution in [1.82, 2.24) is 18.7 Å². The van der Waals surface area contributed by atoms with E-state index in [4.69, 9.17) is 9.47 Å². The Morgan fingerprint density at radius 1 is 0.976 bits per heavy atom. The zero-order chi connectivity index (χ0) is 29.1. The van der Waals surface area contributed by atoms with Gasteiger partial charge in [0, 0.05) is 13.2 Å². The average molecular weight is 549 g/mol. The number of benzene rings is 2. The molecule has 3 aromatic heterocycles. The van der Waals surface area contributed by atoms with Crippen molar-refractivity contribution in [1.29, 1.82) is 5.26 Å². The molecule has 0 radical (unpaired) electrons. The fourth-order valence-corrected chi connectivity index (χ4v) is 4.28. The van der Waals surface area contributed by atoms with E-state index in [1.54, 1.807) is 85.4 Å². The van der Waals surface area contributed by atoms with Gasteiger partial charge in [-0.15, -0.1) is 0 Å². The van der Waals surface area contributed by atoms with Crippen molar-refractivity contribution in [3.8, 4) is 29.1 Å². The maximum absolute atomic E-state index is 13.5. The van der Waals surface area contributed by atoms with Crippen LogP contribution in [0.3, 0.4) is 0 Å². The Bertz CT molecular complexity index is 1980. The summed E-state index contributed by atoms with van der Waals surface area (Å²) in [5.74, 6) is -0.334. The van der Waals surface area contributed by atoms with Crippen molar-refractivity contribution in [2.45, 2.75) is 6.92 Å². The molecule has 0 aliphatic heterocycles. The average Bonchev–Trinajstić information content (AvgIpc) is 3.20. The molecule has 1 amide bonds. The molecule has 0 aliphatic rings. The monoisotopic (exact) mass is 548 g/mol. The predicted octanol–water partition coefficient (Wildman–Crippen LogP) is 3.84. The third kappa shape index (κ3) is 4.97. The quantitative estimate of drug-likeness (QED) is 0.241. The number of hydrogen-bond acceptors (Lipinski definition) is 7. The number of anilines is 1. The lowest BCUT2D eigenvalue weighted by molar-refractivity contribution is -0.112. The van der Waals surface area contributed by atoms with Gasteiger partial charge in [-0.05, 0) is 49.4 Å². The maximum atomic E-state index is 13.5. The van der Waals surface area contributed by atoms with Gasteiger partial charge in [-0.25, -0.2) is 4.68 Å². The Morgan fingerprint density at radius 2 is 1.66 bits per heavy atom. The number of fused-ring (bicyclic) bond motifs is 1. The largest absolute Gasteiger partial charge is 0.493 e. The second-order valence-corrected chi connectivity index (χ2v) is 8.88. The first-order valence-corrected chi connectivity index (χ1v) is 12.4. The van der Waals surface area contributed by atoms with Gasteiger partial charge in [-0.2, -0.15) is 10.2 Å². The molecular formula is C30H24N6O5. The van der Waals surface area contributed by atoms with Crippen LogP contribution in [0.2, 0.25) is 0 Å². The third-order valence-corrected chi connectivity index (χ3v) is 6.46. The van der Waals surface area contributed by atoms with E-state index < -0.39 is 22.6 Å². The van der Waals surface area contributed by atoms with Gasteiger partial charge in [0.15, 0.2) is 11.5 Å². The Kier molecular flexibility index (Phi) is 7.21. The molecule has 2 aromatic carbocycles. The fourth-order valence-electron chi connectivity index (χ4n) is 4.28. The van der Waals surface area contributed by atoms with Crippen molar-refractivity contribution in [2.75, 3.05) is 12.4 Å². The minimum atomic E-state index is -0.876. The van der Waals surface area contributed by atoms with Crippen LogP contribution in [0.4, 0.5) is 5.69 Å². The molecule has 0 bridgehead atoms. The number of carbonyl (C=O) groups is 1. The highest BCUT2D eigenvalue weighted by molar-refractivity contribution is 6.10. The van der Waals surface area contributed by atoms with Crippen LogP contribution < -0.4 is 25.9 Å². The lowest BCUT2D eigenvalue weighted by Gasteiger charge is -2.12. The van der Waals surface area contributed by atoms with E-state index in [0.29, 0.717) is 22.8 Å². The van der Waals surface area contributed by atoms with Crippen molar-refractivity contribution in [3.63, 3.8) is 0 Å². The molecule has 0 unspecified atom stereocenters. The molecule has 5 rings (SSSR count). The first-order chi connectivity index (χ1) is 19.8. The number of rotatable bonds is 7. The summed E-state index contributed by atoms with van der Waals surface area (Å²) in [6, 6.07) is 22.5. The molecule has 41 heavy (non-hydrogen) atoms. The van der Waals surface area contributed by atoms with Crippen LogP contribution >= 0.6 is 0 Å². The summed E-state index contributed by atoms with van der Waals surface area (Å²) >= 11 is 0. The molecular weight excluding hydrogens is 524 g/mol. The number of hydrogen-bond donors (Lipinski definition) is 1. The zero-order valence-electron chi connectivity index (χ0n) is 22.4. The van der Waals surface area contributed by atoms with E-state index >= 15 is 0 Å². The first-order valence-electron chi connectivity index (χ1n) is 12.4. The molecule has 1 N–H and O–H groups in total. The third-order valence-electron chi connectivity index (χ3n) is 6.46. The van der Waals surface area contributed by atoms with Crippen LogP contribution in [0.1, 0.15) is 11.3 Å². The molecule has 0 fully saturated rings. The Morgan fingerprint density at radius 3 is 2.37 bits per heavy atom. The zero-order valence-corrected chi connectivity index (χ0v) is 22.4. The Balaban J connectivity index is 1.59. The molecule has 11 heteroatoms. The van der Waals surface area contributed by atoms with Crippen LogP contribution in [0.15, 0.2) is 94.2 Å². The number of methoxy groups -OCH3 is 1. The van der Waals surface area contributed by atoms with Gasteiger partial charge in [-0.1, -0.05) is 36.4 Å². The minimum absolute atomic E-state index is 0.00126. The summed E-state index contributed by atoms with van der Waals surface area (Å²) in [5, 5.41) is 12.5. The van der Waals surface area contributed by atoms with Gasteiger partial charge < -0.3 is 14.8 Å². The highest BCUT2D eigenvalue weighted by Crippen LogP contribution is 2.32. The summed E-state index contributed by atoms with van der Waals surface area (Å²) in [4.78, 5) is 44.5. The van der Waals surface area contributed by atoms with Crippen molar-refractivity contribution in [2.24, 2.45) is 7.05 Å². The van der Waals surface area contributed by atoms with Crippen LogP contribution in [0, 0.1) is 18.3 Å². The highest BCUT2D eigenvalue weighted by Gasteiger charge is 2.22. The maximum Gasteiger partial charge on any atom is 0.295 e. The number of ether oxygens (including phenoxy) is 2. The van der Waals surface area contributed by atoms with Crippen LogP contribution in [0.25, 0.3) is 17.4 Å². The van der Waals surface area contributed by atoms with E-state index in [1.807, 2.05) is 12.1 Å². The van der Waals surface area contributed by atoms with E-state index in [2.05, 4.69) is 10.3 Å². The number of amides is 1. The van der Waals surface area contributed by atoms with Gasteiger partial charge in [0.25, 0.3) is 17.0 Å². The molecule has 0 aliphatic carbocycles. The van der Waals surface area contributed by atoms with Crippen LogP contribution in [-0.4, -0.2) is 31.8 Å². The second-order valence-electron chi connectivity index (χ2n) is 8.88. The van der Waals surface area contributed by atoms with E-state index in [1.165, 1.54) is 22.4 Å². The standard InChI is InChI=1S/C30H24N6O5/c1-19-26(30(39)36(34(19)2)21-11-5-4-6-12-21)33-27(37)20(18-31)17-22-28(41-24-14-8-7-13-23(24)40-3)32-25-15-9-10-16-35(25)29(22)38/h4-17H,1-3H3,(H,33,37). The molecule has 0 spiro atoms. The molecule has 204 valence electrons. The molecule has 0 atom stereocenters. The van der Waals surface area contributed by atoms with E-state index in [0.717, 1.165) is 6.08 Å². The van der Waals surface area contributed by atoms with E-state index in [9.17, 15) is 19.6 Å². The predicted molar refractivity (Wildman–Crippen MR) is 152 cm³/mol. The van der Waals surface area contributed by atoms with Crippen LogP contribution in [-0.2, 0) is 11.8 Å². The summed E-state index contributed by atoms with van der Waals surface area (Å²) in [7, 11) is 3.16. The number of aromatic nitrogens is 4. The summed E-state index contributed by atoms with van der Waals surface area (Å²) in [6.07, 6.45) is 2.61. The van der Waals surface area contributed by atoms with Gasteiger partial charge in [-0.3, -0.25) is 23.5 Å². The number of pyridine rings is 1. The number of carbonyl (C=O) groups excluding carboxylic acids is 1. The van der Waals surface area contributed by atoms with Crippen molar-refractivity contribution < 1.29 is 14.3 Å². The fraction of sp³-hybridized carbons (Fsp3) is 0.100. The molecule has 0 saturated carbocycles. The molecule has 0 saturated heterocycles. The minimum Gasteiger partial charge on any atom is -0.493 e. The van der Waals surface area contributed by atoms with Gasteiger partial charge in [0.05, 0.1) is 18.5 Å². The number of para-hydroxylation sites is 3. The van der Waals surface area contributed by atoms with E-state index in [-0.39, 0.29) is 22.9 Å². The SMILES string of the molecule is COc1ccccc1Oc1nc2ccccn2c(=O)c1C=C(C#N)C(=O)Nc1c(C)n(C)n(-c2ccccc2)c1=O. The number of nitriles is 1. The van der Waals surface area contributed by atoms with Gasteiger partial charge >= 0.3 is 0 Å². The number of nitrogens with zero attached hydrogens (tertiary/aromatic N) is 5. The lowest BCUT2D eigenvalue weighted by Crippen LogP contribution is -2.24. The Hall–Kier alpha value is -5.89. The second kappa shape index (κ2) is 11.1. The lowest BCUT2D eigenvalue weighted by atomic mass is 10.1. The molecule has 11 nitrogen and oxygen atoms in total.